The van der Waals surface area contributed by atoms with Crippen molar-refractivity contribution in [3.8, 4) is 11.5 Å². The fourth-order valence-corrected chi connectivity index (χ4v) is 3.04. The van der Waals surface area contributed by atoms with Gasteiger partial charge in [-0.1, -0.05) is 18.2 Å². The van der Waals surface area contributed by atoms with E-state index in [0.29, 0.717) is 0 Å². The summed E-state index contributed by atoms with van der Waals surface area (Å²) in [5.74, 6) is 1.62. The van der Waals surface area contributed by atoms with Crippen LogP contribution in [0.25, 0.3) is 0 Å². The molecule has 1 aliphatic rings. The monoisotopic (exact) mass is 342 g/mol. The Morgan fingerprint density at radius 2 is 1.58 bits per heavy atom. The molecule has 4 nitrogen and oxygen atoms in total. The minimum absolute atomic E-state index is 0.190. The van der Waals surface area contributed by atoms with Crippen LogP contribution >= 0.6 is 12.2 Å². The first-order chi connectivity index (χ1) is 11.6. The van der Waals surface area contributed by atoms with E-state index in [1.54, 1.807) is 0 Å². The number of thiocarbonyl (C=S) groups is 1. The highest BCUT2D eigenvalue weighted by molar-refractivity contribution is 7.80. The zero-order valence-corrected chi connectivity index (χ0v) is 14.8. The van der Waals surface area contributed by atoms with Crippen molar-refractivity contribution in [3.05, 3.63) is 54.6 Å². The number of rotatable bonds is 3. The SMILES string of the molecule is C[C@H]1CN(C(=S)Nc2ccc(Oc3ccccc3)cc2)C[C@H](C)O1. The summed E-state index contributed by atoms with van der Waals surface area (Å²) in [5, 5.41) is 4.02. The molecular weight excluding hydrogens is 320 g/mol. The van der Waals surface area contributed by atoms with Gasteiger partial charge in [-0.2, -0.15) is 0 Å². The van der Waals surface area contributed by atoms with Crippen LogP contribution < -0.4 is 10.1 Å². The molecule has 0 amide bonds. The molecule has 1 N–H and O–H groups in total. The average Bonchev–Trinajstić information content (AvgIpc) is 2.57. The molecule has 0 saturated carbocycles. The average molecular weight is 342 g/mol. The fraction of sp³-hybridized carbons (Fsp3) is 0.316. The molecule has 0 aromatic heterocycles. The van der Waals surface area contributed by atoms with Crippen molar-refractivity contribution in [2.75, 3.05) is 18.4 Å². The normalized spacial score (nSPS) is 20.5. The highest BCUT2D eigenvalue weighted by atomic mass is 32.1. The maximum Gasteiger partial charge on any atom is 0.173 e. The summed E-state index contributed by atoms with van der Waals surface area (Å²) in [5.41, 5.74) is 0.951. The first kappa shape index (κ1) is 16.7. The Morgan fingerprint density at radius 1 is 1.00 bits per heavy atom. The molecule has 2 aromatic carbocycles. The van der Waals surface area contributed by atoms with Crippen LogP contribution in [0.4, 0.5) is 5.69 Å². The van der Waals surface area contributed by atoms with E-state index in [4.69, 9.17) is 21.7 Å². The smallest absolute Gasteiger partial charge is 0.173 e. The Morgan fingerprint density at radius 3 is 2.21 bits per heavy atom. The predicted molar refractivity (Wildman–Crippen MR) is 101 cm³/mol. The van der Waals surface area contributed by atoms with Crippen molar-refractivity contribution in [2.45, 2.75) is 26.1 Å². The van der Waals surface area contributed by atoms with E-state index in [1.807, 2.05) is 54.6 Å². The van der Waals surface area contributed by atoms with Gasteiger partial charge in [0.1, 0.15) is 11.5 Å². The second kappa shape index (κ2) is 7.64. The van der Waals surface area contributed by atoms with Crippen LogP contribution in [-0.2, 0) is 4.74 Å². The summed E-state index contributed by atoms with van der Waals surface area (Å²) in [4.78, 5) is 2.16. The highest BCUT2D eigenvalue weighted by Crippen LogP contribution is 2.23. The van der Waals surface area contributed by atoms with Gasteiger partial charge >= 0.3 is 0 Å². The van der Waals surface area contributed by atoms with E-state index < -0.39 is 0 Å². The number of para-hydroxylation sites is 1. The van der Waals surface area contributed by atoms with E-state index in [-0.39, 0.29) is 12.2 Å². The molecule has 1 heterocycles. The van der Waals surface area contributed by atoms with Crippen molar-refractivity contribution in [2.24, 2.45) is 0 Å². The van der Waals surface area contributed by atoms with Crippen molar-refractivity contribution in [1.82, 2.24) is 4.90 Å². The molecular formula is C19H22N2O2S. The first-order valence-electron chi connectivity index (χ1n) is 8.14. The van der Waals surface area contributed by atoms with E-state index in [2.05, 4.69) is 24.1 Å². The number of morpholine rings is 1. The van der Waals surface area contributed by atoms with E-state index in [0.717, 1.165) is 35.4 Å². The zero-order valence-electron chi connectivity index (χ0n) is 13.9. The Hall–Kier alpha value is -2.11. The molecule has 3 rings (SSSR count). The highest BCUT2D eigenvalue weighted by Gasteiger charge is 2.23. The third kappa shape index (κ3) is 4.46. The van der Waals surface area contributed by atoms with Gasteiger partial charge in [-0.15, -0.1) is 0 Å². The lowest BCUT2D eigenvalue weighted by Crippen LogP contribution is -2.49. The van der Waals surface area contributed by atoms with Gasteiger partial charge in [0.15, 0.2) is 5.11 Å². The molecule has 0 radical (unpaired) electrons. The number of hydrogen-bond acceptors (Lipinski definition) is 3. The molecule has 0 unspecified atom stereocenters. The fourth-order valence-electron chi connectivity index (χ4n) is 2.78. The Labute approximate surface area is 148 Å². The maximum atomic E-state index is 5.80. The van der Waals surface area contributed by atoms with Crippen LogP contribution in [0.1, 0.15) is 13.8 Å². The number of nitrogens with one attached hydrogen (secondary N) is 1. The topological polar surface area (TPSA) is 33.7 Å². The van der Waals surface area contributed by atoms with E-state index >= 15 is 0 Å². The molecule has 1 aliphatic heterocycles. The lowest BCUT2D eigenvalue weighted by atomic mass is 10.2. The van der Waals surface area contributed by atoms with Gasteiger partial charge in [-0.05, 0) is 62.5 Å². The second-order valence-electron chi connectivity index (χ2n) is 6.03. The van der Waals surface area contributed by atoms with Gasteiger partial charge < -0.3 is 19.7 Å². The lowest BCUT2D eigenvalue weighted by Gasteiger charge is -2.36. The van der Waals surface area contributed by atoms with Gasteiger partial charge in [-0.25, -0.2) is 0 Å². The molecule has 1 saturated heterocycles. The van der Waals surface area contributed by atoms with Crippen LogP contribution in [0, 0.1) is 0 Å². The van der Waals surface area contributed by atoms with Gasteiger partial charge in [0.25, 0.3) is 0 Å². The Kier molecular flexibility index (Phi) is 5.33. The van der Waals surface area contributed by atoms with Crippen LogP contribution in [0.2, 0.25) is 0 Å². The molecule has 0 aliphatic carbocycles. The first-order valence-corrected chi connectivity index (χ1v) is 8.55. The minimum Gasteiger partial charge on any atom is -0.457 e. The van der Waals surface area contributed by atoms with Crippen LogP contribution in [-0.4, -0.2) is 35.3 Å². The molecule has 2 aromatic rings. The van der Waals surface area contributed by atoms with Crippen molar-refractivity contribution in [3.63, 3.8) is 0 Å². The third-order valence-corrected chi connectivity index (χ3v) is 4.15. The van der Waals surface area contributed by atoms with Gasteiger partial charge in [0.2, 0.25) is 0 Å². The number of anilines is 1. The third-order valence-electron chi connectivity index (χ3n) is 3.79. The molecule has 0 spiro atoms. The molecule has 24 heavy (non-hydrogen) atoms. The largest absolute Gasteiger partial charge is 0.457 e. The van der Waals surface area contributed by atoms with Crippen molar-refractivity contribution < 1.29 is 9.47 Å². The number of ether oxygens (including phenoxy) is 2. The quantitative estimate of drug-likeness (QED) is 0.842. The van der Waals surface area contributed by atoms with E-state index in [1.165, 1.54) is 0 Å². The van der Waals surface area contributed by atoms with Crippen LogP contribution in [0.15, 0.2) is 54.6 Å². The molecule has 0 bridgehead atoms. The summed E-state index contributed by atoms with van der Waals surface area (Å²) >= 11 is 5.53. The summed E-state index contributed by atoms with van der Waals surface area (Å²) in [6.45, 7) is 5.76. The summed E-state index contributed by atoms with van der Waals surface area (Å²) in [6.07, 6.45) is 0.380. The zero-order chi connectivity index (χ0) is 16.9. The van der Waals surface area contributed by atoms with Crippen LogP contribution in [0.3, 0.4) is 0 Å². The van der Waals surface area contributed by atoms with E-state index in [9.17, 15) is 0 Å². The molecule has 126 valence electrons. The summed E-state index contributed by atoms with van der Waals surface area (Å²) in [6, 6.07) is 17.5. The van der Waals surface area contributed by atoms with Crippen molar-refractivity contribution in [1.29, 1.82) is 0 Å². The van der Waals surface area contributed by atoms with Crippen molar-refractivity contribution >= 4 is 23.0 Å². The van der Waals surface area contributed by atoms with Gasteiger partial charge in [-0.3, -0.25) is 0 Å². The number of nitrogens with zero attached hydrogens (tertiary/aromatic N) is 1. The predicted octanol–water partition coefficient (Wildman–Crippen LogP) is 4.28. The maximum absolute atomic E-state index is 5.80. The Balaban J connectivity index is 1.58. The minimum atomic E-state index is 0.190. The summed E-state index contributed by atoms with van der Waals surface area (Å²) in [7, 11) is 0. The van der Waals surface area contributed by atoms with Gasteiger partial charge in [0.05, 0.1) is 12.2 Å². The Bertz CT molecular complexity index is 666. The lowest BCUT2D eigenvalue weighted by molar-refractivity contribution is -0.0473. The molecule has 2 atom stereocenters. The molecule has 1 fully saturated rings. The summed E-state index contributed by atoms with van der Waals surface area (Å²) < 4.78 is 11.5. The number of benzene rings is 2. The van der Waals surface area contributed by atoms with Crippen LogP contribution in [0.5, 0.6) is 11.5 Å². The number of hydrogen-bond donors (Lipinski definition) is 1. The van der Waals surface area contributed by atoms with Gasteiger partial charge in [0, 0.05) is 18.8 Å². The molecule has 5 heteroatoms. The second-order valence-corrected chi connectivity index (χ2v) is 6.42. The standard InChI is InChI=1S/C19H22N2O2S/c1-14-12-21(13-15(2)22-14)19(24)20-16-8-10-18(11-9-16)23-17-6-4-3-5-7-17/h3-11,14-15H,12-13H2,1-2H3,(H,20,24)/t14-,15-/m0/s1.